The number of carbonyl (C=O) groups is 2. The van der Waals surface area contributed by atoms with E-state index in [2.05, 4.69) is 10.6 Å². The molecule has 11 aliphatic rings. The summed E-state index contributed by atoms with van der Waals surface area (Å²) >= 11 is 0. The zero-order valence-electron chi connectivity index (χ0n) is 67.7. The lowest BCUT2D eigenvalue weighted by Crippen LogP contribution is -2.70. The average molecular weight is 1880 g/mol. The minimum absolute atomic E-state index is 0.823. The Morgan fingerprint density at radius 3 is 0.781 bits per heavy atom. The first-order chi connectivity index (χ1) is 60.7. The van der Waals surface area contributed by atoms with E-state index in [0.29, 0.717) is 0 Å². The lowest BCUT2D eigenvalue weighted by molar-refractivity contribution is -0.411. The predicted octanol–water partition coefficient (Wildman–Crippen LogP) is -24.7. The molecule has 0 unspecified atom stereocenters. The van der Waals surface area contributed by atoms with E-state index in [1.165, 1.54) is 0 Å². The molecule has 58 nitrogen and oxygen atoms in total. The van der Waals surface area contributed by atoms with Crippen LogP contribution in [0.2, 0.25) is 0 Å². The van der Waals surface area contributed by atoms with E-state index in [4.69, 9.17) is 99.5 Å². The molecule has 128 heavy (non-hydrogen) atoms. The molecule has 0 aromatic rings. The quantitative estimate of drug-likeness (QED) is 0.0290. The summed E-state index contributed by atoms with van der Waals surface area (Å²) in [5, 5.41) is 372. The largest absolute Gasteiger partial charge is 0.394 e. The summed E-state index contributed by atoms with van der Waals surface area (Å²) in [6.45, 7) is -10.8. The van der Waals surface area contributed by atoms with Gasteiger partial charge in [0, 0.05) is 13.8 Å². The number of aliphatic hydroxyl groups excluding tert-OH is 33. The van der Waals surface area contributed by atoms with Crippen LogP contribution in [0.3, 0.4) is 0 Å². The average Bonchev–Trinajstić information content (AvgIpc) is 0.767. The molecular formula is C70H118N2O56. The van der Waals surface area contributed by atoms with Gasteiger partial charge >= 0.3 is 0 Å². The molecule has 744 valence electrons. The molecular weight excluding hydrogens is 1760 g/mol. The maximum atomic E-state index is 13.1. The van der Waals surface area contributed by atoms with Crippen LogP contribution in [0.4, 0.5) is 0 Å². The van der Waals surface area contributed by atoms with Crippen LogP contribution >= 0.6 is 0 Å². The second kappa shape index (κ2) is 45.8. The van der Waals surface area contributed by atoms with Crippen molar-refractivity contribution in [1.82, 2.24) is 10.6 Å². The van der Waals surface area contributed by atoms with Crippen LogP contribution in [-0.2, 0) is 109 Å². The third-order valence-electron chi connectivity index (χ3n) is 23.8. The molecule has 11 saturated heterocycles. The summed E-state index contributed by atoms with van der Waals surface area (Å²) < 4.78 is 123. The van der Waals surface area contributed by atoms with Gasteiger partial charge in [-0.1, -0.05) is 0 Å². The van der Waals surface area contributed by atoms with Crippen molar-refractivity contribution in [2.45, 2.75) is 351 Å². The number of aliphatic hydroxyl groups is 33. The molecule has 11 rings (SSSR count). The molecule has 2 amide bonds. The first kappa shape index (κ1) is 105. The normalized spacial score (nSPS) is 51.7. The highest BCUT2D eigenvalue weighted by molar-refractivity contribution is 5.73. The smallest absolute Gasteiger partial charge is 0.217 e. The van der Waals surface area contributed by atoms with Crippen molar-refractivity contribution in [2.24, 2.45) is 0 Å². The van der Waals surface area contributed by atoms with Gasteiger partial charge in [-0.05, 0) is 0 Å². The zero-order valence-corrected chi connectivity index (χ0v) is 67.7. The van der Waals surface area contributed by atoms with Crippen LogP contribution in [0, 0.1) is 0 Å². The summed E-state index contributed by atoms with van der Waals surface area (Å²) in [7, 11) is 0. The molecule has 11 aliphatic heterocycles. The highest BCUT2D eigenvalue weighted by Crippen LogP contribution is 2.42. The molecule has 0 aromatic heterocycles. The second-order valence-electron chi connectivity index (χ2n) is 32.3. The first-order valence-electron chi connectivity index (χ1n) is 40.7. The number of rotatable bonds is 33. The SMILES string of the molecule is CC(=O)N[C@@H]1[C@@H](O)[C@H](O[C@@H]2O[C@H](CO)[C@@H](O[C@@H]3O[C@H](CO[C@H]4O[C@H](CO[C@H]5O[C@H](CO)[C@@H](O)[C@H](O)[C@@H]5O)[C@@H](O)[C@H](O[C@H]5O[C@H](CO)[C@@H](O)[C@H](O)[C@@H]5O[C@H]5O[C@H](CO)[C@@H](O)[C@H](O)[C@@H]5O)[C@@H]4O)[C@@H](O)[C@H](O[C@H]4O[C@H](CO)[C@@H](O)[C@H](O)[C@@H]4O[C@H]4O[C@H](CO)[C@@H](O)[C@H](O)[C@@H]4O[C@H]4O[C@H](CO)[C@@H](O)[C@H](O[C@H]5O[C@H](CO)[C@@H](O)[C@H](O)[C@H]5O)[C@@H]4O)[C@@H]3O)[C@H](O)[C@H]2NC(C)=O)[C@@H](CO)O[C@H]1O. The maximum Gasteiger partial charge on any atom is 0.217 e. The molecule has 0 radical (unpaired) electrons. The first-order valence-corrected chi connectivity index (χ1v) is 40.7. The fourth-order valence-corrected chi connectivity index (χ4v) is 16.5. The molecule has 58 heteroatoms. The van der Waals surface area contributed by atoms with Crippen LogP contribution in [0.25, 0.3) is 0 Å². The number of ether oxygens (including phenoxy) is 21. The van der Waals surface area contributed by atoms with E-state index < -0.39 is 422 Å². The van der Waals surface area contributed by atoms with Gasteiger partial charge in [-0.2, -0.15) is 0 Å². The second-order valence-corrected chi connectivity index (χ2v) is 32.3. The Kier molecular flexibility index (Phi) is 37.7. The lowest BCUT2D eigenvalue weighted by Gasteiger charge is -2.51. The summed E-state index contributed by atoms with van der Waals surface area (Å²) in [4.78, 5) is 25.3. The number of amides is 2. The Balaban J connectivity index is 0.942. The summed E-state index contributed by atoms with van der Waals surface area (Å²) in [5.41, 5.74) is 0. The highest BCUT2D eigenvalue weighted by Gasteiger charge is 2.63. The van der Waals surface area contributed by atoms with Crippen molar-refractivity contribution in [1.29, 1.82) is 0 Å². The highest BCUT2D eigenvalue weighted by atomic mass is 16.8. The van der Waals surface area contributed by atoms with Gasteiger partial charge in [-0.25, -0.2) is 0 Å². The summed E-state index contributed by atoms with van der Waals surface area (Å²) in [6.07, 6.45) is -117. The van der Waals surface area contributed by atoms with Gasteiger partial charge in [-0.15, -0.1) is 0 Å². The third-order valence-corrected chi connectivity index (χ3v) is 23.8. The van der Waals surface area contributed by atoms with E-state index in [1.54, 1.807) is 0 Å². The van der Waals surface area contributed by atoms with Crippen molar-refractivity contribution in [2.75, 3.05) is 72.7 Å². The van der Waals surface area contributed by atoms with Crippen molar-refractivity contribution in [3.8, 4) is 0 Å². The van der Waals surface area contributed by atoms with E-state index in [-0.39, 0.29) is 0 Å². The van der Waals surface area contributed by atoms with Gasteiger partial charge in [0.2, 0.25) is 11.8 Å². The minimum Gasteiger partial charge on any atom is -0.394 e. The van der Waals surface area contributed by atoms with Crippen LogP contribution in [0.15, 0.2) is 0 Å². The van der Waals surface area contributed by atoms with Crippen molar-refractivity contribution in [3.63, 3.8) is 0 Å². The van der Waals surface area contributed by atoms with E-state index in [1.807, 2.05) is 0 Å². The summed E-state index contributed by atoms with van der Waals surface area (Å²) in [5.74, 6) is -1.82. The van der Waals surface area contributed by atoms with E-state index in [9.17, 15) is 178 Å². The Morgan fingerprint density at radius 2 is 0.422 bits per heavy atom. The Morgan fingerprint density at radius 1 is 0.203 bits per heavy atom. The van der Waals surface area contributed by atoms with Gasteiger partial charge in [0.25, 0.3) is 0 Å². The molecule has 11 heterocycles. The Hall–Kier alpha value is -3.22. The van der Waals surface area contributed by atoms with Crippen LogP contribution in [0.1, 0.15) is 13.8 Å². The van der Waals surface area contributed by atoms with Crippen molar-refractivity contribution in [3.05, 3.63) is 0 Å². The van der Waals surface area contributed by atoms with Crippen molar-refractivity contribution < 1.29 is 278 Å². The summed E-state index contributed by atoms with van der Waals surface area (Å²) in [6, 6.07) is -3.70. The van der Waals surface area contributed by atoms with Gasteiger partial charge in [0.05, 0.1) is 72.7 Å². The van der Waals surface area contributed by atoms with Crippen LogP contribution < -0.4 is 10.6 Å². The minimum atomic E-state index is -2.70. The fraction of sp³-hybridized carbons (Fsp3) is 0.971. The molecule has 55 atom stereocenters. The molecule has 0 aromatic carbocycles. The van der Waals surface area contributed by atoms with Gasteiger partial charge in [-0.3, -0.25) is 9.59 Å². The third kappa shape index (κ3) is 22.5. The predicted molar refractivity (Wildman–Crippen MR) is 386 cm³/mol. The van der Waals surface area contributed by atoms with E-state index >= 15 is 0 Å². The molecule has 35 N–H and O–H groups in total. The fourth-order valence-electron chi connectivity index (χ4n) is 16.5. The van der Waals surface area contributed by atoms with Gasteiger partial charge in [0.1, 0.15) is 268 Å². The van der Waals surface area contributed by atoms with Gasteiger partial charge < -0.3 is 279 Å². The number of carbonyl (C=O) groups excluding carboxylic acids is 2. The van der Waals surface area contributed by atoms with Gasteiger partial charge in [0.15, 0.2) is 69.2 Å². The van der Waals surface area contributed by atoms with Crippen molar-refractivity contribution >= 4 is 11.8 Å². The lowest BCUT2D eigenvalue weighted by atomic mass is 9.94. The van der Waals surface area contributed by atoms with Crippen LogP contribution in [0.5, 0.6) is 0 Å². The Labute approximate surface area is 722 Å². The monoisotopic (exact) mass is 1880 g/mol. The molecule has 0 saturated carbocycles. The number of nitrogens with one attached hydrogen (secondary N) is 2. The Bertz CT molecular complexity index is 3380. The van der Waals surface area contributed by atoms with E-state index in [0.717, 1.165) is 13.8 Å². The zero-order chi connectivity index (χ0) is 94.0. The standard InChI is InChI=1S/C70H118N2O56/c1-14(82)71-27-38(93)52(23(10-80)110-60(27)107)121-61-28(72-15(2)83)39(94)53(24(11-81)118-61)122-67-51(106)56(125-69-59(45(100)34(89)20(7-77)116-69)128-70-58(44(99)33(88)21(8-78)117-70)127-66-50(105)54(35(90)22(9-79)114-66)123-64-47(102)41(96)30(85)17(4-74)112-64)37(92)26(120-67)13-109-63-49(104)55(36(91)25(119-63)12-108-62-46(101)40(95)29(84)16(3-73)111-62)124-68-57(43(98)32(87)19(6-76)115-68)126-65-48(103)42(97)31(86)18(5-75)113-65/h16-70,73-81,84-107H,3-13H2,1-2H3,(H,71,82)(H,72,83)/t16-,17-,18-,19-,20-,21-,22-,23-,24-,25-,26-,27-,28-,29-,30-,31-,32-,33-,34-,35-,36-,37-,38-,39-,40+,41+,42+,43+,44+,45+,46+,47-,48+,49+,50+,51+,52-,53-,54+,55+,56+,57+,58+,59+,60-,61+,62+,63+,64-,65-,66-,67+,68-,69-,70-/m1/s1. The molecule has 0 aliphatic carbocycles. The number of hydrogen-bond acceptors (Lipinski definition) is 56. The molecule has 11 fully saturated rings. The molecule has 0 spiro atoms. The topological polar surface area (TPSA) is 920 Å². The maximum absolute atomic E-state index is 13.1. The number of hydrogen-bond donors (Lipinski definition) is 35. The van der Waals surface area contributed by atoms with Crippen LogP contribution in [-0.4, -0.2) is 591 Å². The molecule has 0 bridgehead atoms.